The standard InChI is InChI=1S/C16H11NO3S3/c18-15-14(7-11-2-1-5-22-11)23-16(21)17(15)8-10-3-4-12-13(6-10)20-9-19-12/h1-7H,8-9H2. The van der Waals surface area contributed by atoms with E-state index in [0.717, 1.165) is 16.2 Å². The lowest BCUT2D eigenvalue weighted by atomic mass is 10.2. The van der Waals surface area contributed by atoms with Crippen LogP contribution in [-0.4, -0.2) is 21.9 Å². The molecule has 1 saturated heterocycles. The lowest BCUT2D eigenvalue weighted by molar-refractivity contribution is -0.122. The molecule has 0 radical (unpaired) electrons. The number of thiocarbonyl (C=S) groups is 1. The Bertz CT molecular complexity index is 814. The molecule has 1 aromatic carbocycles. The Hall–Kier alpha value is -1.83. The summed E-state index contributed by atoms with van der Waals surface area (Å²) in [5.41, 5.74) is 0.961. The molecule has 1 amide bonds. The van der Waals surface area contributed by atoms with Gasteiger partial charge < -0.3 is 9.47 Å². The zero-order valence-corrected chi connectivity index (χ0v) is 14.3. The van der Waals surface area contributed by atoms with Crippen LogP contribution in [-0.2, 0) is 11.3 Å². The van der Waals surface area contributed by atoms with Crippen LogP contribution in [0, 0.1) is 0 Å². The van der Waals surface area contributed by atoms with Gasteiger partial charge in [-0.2, -0.15) is 0 Å². The van der Waals surface area contributed by atoms with Crippen molar-refractivity contribution < 1.29 is 14.3 Å². The molecule has 2 aliphatic rings. The van der Waals surface area contributed by atoms with Crippen molar-refractivity contribution in [3.8, 4) is 11.5 Å². The first-order valence-electron chi connectivity index (χ1n) is 6.88. The van der Waals surface area contributed by atoms with E-state index in [9.17, 15) is 4.79 Å². The van der Waals surface area contributed by atoms with Gasteiger partial charge in [0.25, 0.3) is 5.91 Å². The van der Waals surface area contributed by atoms with E-state index in [4.69, 9.17) is 21.7 Å². The molecule has 0 unspecified atom stereocenters. The monoisotopic (exact) mass is 361 g/mol. The molecule has 116 valence electrons. The van der Waals surface area contributed by atoms with Crippen LogP contribution in [0.1, 0.15) is 10.4 Å². The van der Waals surface area contributed by atoms with Crippen LogP contribution < -0.4 is 9.47 Å². The van der Waals surface area contributed by atoms with Crippen LogP contribution in [0.15, 0.2) is 40.6 Å². The summed E-state index contributed by atoms with van der Waals surface area (Å²) in [6, 6.07) is 9.62. The summed E-state index contributed by atoms with van der Waals surface area (Å²) in [7, 11) is 0. The van der Waals surface area contributed by atoms with Gasteiger partial charge in [0, 0.05) is 4.88 Å². The molecule has 0 aliphatic carbocycles. The summed E-state index contributed by atoms with van der Waals surface area (Å²) in [4.78, 5) is 15.9. The van der Waals surface area contributed by atoms with Crippen molar-refractivity contribution in [2.75, 3.05) is 6.79 Å². The van der Waals surface area contributed by atoms with Crippen molar-refractivity contribution in [1.29, 1.82) is 0 Å². The quantitative estimate of drug-likeness (QED) is 0.613. The fraction of sp³-hybridized carbons (Fsp3) is 0.125. The van der Waals surface area contributed by atoms with E-state index in [-0.39, 0.29) is 12.7 Å². The fourth-order valence-corrected chi connectivity index (χ4v) is 4.34. The SMILES string of the molecule is O=C1C(=Cc2cccs2)SC(=S)N1Cc1ccc2c(c1)OCO2. The minimum atomic E-state index is -0.0499. The van der Waals surface area contributed by atoms with Crippen LogP contribution in [0.4, 0.5) is 0 Å². The summed E-state index contributed by atoms with van der Waals surface area (Å²) in [6.07, 6.45) is 1.89. The molecule has 23 heavy (non-hydrogen) atoms. The van der Waals surface area contributed by atoms with Crippen molar-refractivity contribution in [2.45, 2.75) is 6.54 Å². The number of carbonyl (C=O) groups excluding carboxylic acids is 1. The van der Waals surface area contributed by atoms with Crippen molar-refractivity contribution >= 4 is 51.6 Å². The highest BCUT2D eigenvalue weighted by Crippen LogP contribution is 2.36. The molecule has 4 nitrogen and oxygen atoms in total. The molecule has 7 heteroatoms. The maximum atomic E-state index is 12.6. The van der Waals surface area contributed by atoms with Gasteiger partial charge in [0.05, 0.1) is 11.4 Å². The molecule has 1 fully saturated rings. The molecule has 0 saturated carbocycles. The molecule has 0 N–H and O–H groups in total. The first-order chi connectivity index (χ1) is 11.2. The van der Waals surface area contributed by atoms with Crippen LogP contribution in [0.3, 0.4) is 0 Å². The normalized spacial score (nSPS) is 18.3. The highest BCUT2D eigenvalue weighted by Gasteiger charge is 2.32. The van der Waals surface area contributed by atoms with Gasteiger partial charge in [0.15, 0.2) is 11.5 Å². The molecule has 4 rings (SSSR count). The minimum Gasteiger partial charge on any atom is -0.454 e. The van der Waals surface area contributed by atoms with E-state index in [1.165, 1.54) is 11.8 Å². The number of amides is 1. The predicted molar refractivity (Wildman–Crippen MR) is 95.6 cm³/mol. The molecule has 3 heterocycles. The van der Waals surface area contributed by atoms with Gasteiger partial charge in [-0.3, -0.25) is 9.69 Å². The highest BCUT2D eigenvalue weighted by molar-refractivity contribution is 8.26. The summed E-state index contributed by atoms with van der Waals surface area (Å²) in [6.45, 7) is 0.673. The number of thioether (sulfide) groups is 1. The first-order valence-corrected chi connectivity index (χ1v) is 8.98. The fourth-order valence-electron chi connectivity index (χ4n) is 2.36. The molecule has 2 aliphatic heterocycles. The molecule has 1 aromatic heterocycles. The largest absolute Gasteiger partial charge is 0.454 e. The lowest BCUT2D eigenvalue weighted by Gasteiger charge is -2.14. The van der Waals surface area contributed by atoms with Crippen molar-refractivity contribution in [2.24, 2.45) is 0 Å². The number of ether oxygens (including phenoxy) is 2. The molecule has 0 spiro atoms. The Kier molecular flexibility index (Phi) is 3.84. The van der Waals surface area contributed by atoms with Gasteiger partial charge in [-0.1, -0.05) is 36.1 Å². The van der Waals surface area contributed by atoms with Gasteiger partial charge in [-0.15, -0.1) is 11.3 Å². The average molecular weight is 361 g/mol. The van der Waals surface area contributed by atoms with E-state index in [1.54, 1.807) is 16.2 Å². The number of nitrogens with zero attached hydrogens (tertiary/aromatic N) is 1. The van der Waals surface area contributed by atoms with E-state index in [0.29, 0.717) is 21.5 Å². The van der Waals surface area contributed by atoms with Crippen LogP contribution in [0.5, 0.6) is 11.5 Å². The Balaban J connectivity index is 1.55. The summed E-state index contributed by atoms with van der Waals surface area (Å²) >= 11 is 8.31. The number of thiophene rings is 1. The van der Waals surface area contributed by atoms with Gasteiger partial charge in [-0.25, -0.2) is 0 Å². The third-order valence-corrected chi connectivity index (χ3v) is 5.66. The van der Waals surface area contributed by atoms with Crippen molar-refractivity contribution in [3.63, 3.8) is 0 Å². The second kappa shape index (κ2) is 5.99. The zero-order chi connectivity index (χ0) is 15.8. The van der Waals surface area contributed by atoms with Crippen molar-refractivity contribution in [1.82, 2.24) is 4.90 Å². The number of hydrogen-bond acceptors (Lipinski definition) is 6. The van der Waals surface area contributed by atoms with Gasteiger partial charge in [-0.05, 0) is 35.2 Å². The average Bonchev–Trinajstić information content (AvgIpc) is 3.25. The third-order valence-electron chi connectivity index (χ3n) is 3.47. The minimum absolute atomic E-state index is 0.0499. The zero-order valence-electron chi connectivity index (χ0n) is 11.9. The maximum absolute atomic E-state index is 12.6. The molecular formula is C16H11NO3S3. The van der Waals surface area contributed by atoms with Gasteiger partial charge >= 0.3 is 0 Å². The van der Waals surface area contributed by atoms with Crippen LogP contribution in [0.25, 0.3) is 6.08 Å². The maximum Gasteiger partial charge on any atom is 0.266 e. The van der Waals surface area contributed by atoms with Crippen molar-refractivity contribution in [3.05, 3.63) is 51.1 Å². The second-order valence-electron chi connectivity index (χ2n) is 4.97. The summed E-state index contributed by atoms with van der Waals surface area (Å²) < 4.78 is 11.3. The Morgan fingerprint density at radius 1 is 1.26 bits per heavy atom. The van der Waals surface area contributed by atoms with E-state index in [2.05, 4.69) is 0 Å². The Labute approximate surface area is 146 Å². The lowest BCUT2D eigenvalue weighted by Crippen LogP contribution is -2.27. The summed E-state index contributed by atoms with van der Waals surface area (Å²) in [5.74, 6) is 1.39. The number of fused-ring (bicyclic) bond motifs is 1. The predicted octanol–water partition coefficient (Wildman–Crippen LogP) is 3.88. The highest BCUT2D eigenvalue weighted by atomic mass is 32.2. The van der Waals surface area contributed by atoms with Crippen LogP contribution in [0.2, 0.25) is 0 Å². The topological polar surface area (TPSA) is 38.8 Å². The Morgan fingerprint density at radius 3 is 2.96 bits per heavy atom. The number of hydrogen-bond donors (Lipinski definition) is 0. The van der Waals surface area contributed by atoms with E-state index in [1.807, 2.05) is 41.8 Å². The number of benzene rings is 1. The van der Waals surface area contributed by atoms with Gasteiger partial charge in [0.1, 0.15) is 4.32 Å². The Morgan fingerprint density at radius 2 is 2.13 bits per heavy atom. The third kappa shape index (κ3) is 2.87. The first kappa shape index (κ1) is 14.7. The smallest absolute Gasteiger partial charge is 0.266 e. The number of carbonyl (C=O) groups is 1. The van der Waals surface area contributed by atoms with Gasteiger partial charge in [0.2, 0.25) is 6.79 Å². The molecule has 0 atom stereocenters. The molecule has 2 aromatic rings. The molecular weight excluding hydrogens is 350 g/mol. The van der Waals surface area contributed by atoms with E-state index >= 15 is 0 Å². The summed E-state index contributed by atoms with van der Waals surface area (Å²) in [5, 5.41) is 1.99. The number of rotatable bonds is 3. The molecule has 0 bridgehead atoms. The van der Waals surface area contributed by atoms with E-state index < -0.39 is 0 Å². The second-order valence-corrected chi connectivity index (χ2v) is 7.63. The van der Waals surface area contributed by atoms with Crippen LogP contribution >= 0.6 is 35.3 Å².